The van der Waals surface area contributed by atoms with Gasteiger partial charge in [0, 0.05) is 12.1 Å². The standard InChI is InChI=1S/C20H24N4O2/c1-4-5-6-9-12-24-19(25)16(13-21)15(3)18(20(24)26)23-22-17-11-8-7-10-14(17)2/h7-8,10-11,25H,4-6,9,12H2,1-3H3. The second-order valence-electron chi connectivity index (χ2n) is 6.29. The van der Waals surface area contributed by atoms with Crippen molar-refractivity contribution < 1.29 is 5.11 Å². The third-order valence-electron chi connectivity index (χ3n) is 4.38. The van der Waals surface area contributed by atoms with Crippen LogP contribution < -0.4 is 5.56 Å². The highest BCUT2D eigenvalue weighted by molar-refractivity contribution is 5.57. The smallest absolute Gasteiger partial charge is 0.281 e. The molecule has 0 spiro atoms. The maximum Gasteiger partial charge on any atom is 0.281 e. The number of aryl methyl sites for hydroxylation is 1. The summed E-state index contributed by atoms with van der Waals surface area (Å²) in [5.41, 5.74) is 1.68. The minimum atomic E-state index is -0.423. The van der Waals surface area contributed by atoms with Gasteiger partial charge in [-0.1, -0.05) is 44.4 Å². The summed E-state index contributed by atoms with van der Waals surface area (Å²) in [7, 11) is 0. The van der Waals surface area contributed by atoms with E-state index in [0.717, 1.165) is 31.2 Å². The Morgan fingerprint density at radius 2 is 1.88 bits per heavy atom. The normalized spacial score (nSPS) is 11.0. The van der Waals surface area contributed by atoms with E-state index in [1.807, 2.05) is 37.3 Å². The molecule has 1 heterocycles. The summed E-state index contributed by atoms with van der Waals surface area (Å²) in [6, 6.07) is 9.43. The molecule has 0 aliphatic heterocycles. The first-order valence-corrected chi connectivity index (χ1v) is 8.85. The van der Waals surface area contributed by atoms with Crippen LogP contribution in [0.1, 0.15) is 49.3 Å². The lowest BCUT2D eigenvalue weighted by Crippen LogP contribution is -2.22. The maximum absolute atomic E-state index is 12.8. The summed E-state index contributed by atoms with van der Waals surface area (Å²) in [5, 5.41) is 28.0. The monoisotopic (exact) mass is 352 g/mol. The van der Waals surface area contributed by atoms with Gasteiger partial charge in [0.1, 0.15) is 11.6 Å². The van der Waals surface area contributed by atoms with Crippen LogP contribution in [0.5, 0.6) is 5.88 Å². The molecule has 0 amide bonds. The highest BCUT2D eigenvalue weighted by atomic mass is 16.3. The van der Waals surface area contributed by atoms with Gasteiger partial charge in [-0.15, -0.1) is 5.11 Å². The van der Waals surface area contributed by atoms with Crippen molar-refractivity contribution in [1.82, 2.24) is 4.57 Å². The van der Waals surface area contributed by atoms with Crippen molar-refractivity contribution in [2.24, 2.45) is 10.2 Å². The average molecular weight is 352 g/mol. The van der Waals surface area contributed by atoms with Gasteiger partial charge in [0.2, 0.25) is 5.88 Å². The number of benzene rings is 1. The maximum atomic E-state index is 12.8. The van der Waals surface area contributed by atoms with E-state index in [4.69, 9.17) is 0 Å². The van der Waals surface area contributed by atoms with Crippen LogP contribution in [0.15, 0.2) is 39.3 Å². The van der Waals surface area contributed by atoms with Gasteiger partial charge in [0.25, 0.3) is 5.56 Å². The molecule has 2 rings (SSSR count). The number of aromatic hydroxyl groups is 1. The first kappa shape index (κ1) is 19.4. The molecule has 0 aliphatic carbocycles. The van der Waals surface area contributed by atoms with E-state index < -0.39 is 5.56 Å². The van der Waals surface area contributed by atoms with Crippen molar-refractivity contribution in [3.8, 4) is 11.9 Å². The Labute approximate surface area is 153 Å². The van der Waals surface area contributed by atoms with Gasteiger partial charge in [0.05, 0.1) is 5.69 Å². The van der Waals surface area contributed by atoms with E-state index in [1.54, 1.807) is 6.92 Å². The zero-order valence-electron chi connectivity index (χ0n) is 15.5. The number of hydrogen-bond donors (Lipinski definition) is 1. The second kappa shape index (κ2) is 8.95. The predicted molar refractivity (Wildman–Crippen MR) is 101 cm³/mol. The Bertz CT molecular complexity index is 907. The highest BCUT2D eigenvalue weighted by Crippen LogP contribution is 2.27. The van der Waals surface area contributed by atoms with Crippen LogP contribution >= 0.6 is 0 Å². The Morgan fingerprint density at radius 1 is 1.15 bits per heavy atom. The molecule has 6 heteroatoms. The molecule has 6 nitrogen and oxygen atoms in total. The number of unbranched alkanes of at least 4 members (excludes halogenated alkanes) is 3. The summed E-state index contributed by atoms with van der Waals surface area (Å²) in [6.07, 6.45) is 3.85. The van der Waals surface area contributed by atoms with E-state index >= 15 is 0 Å². The number of hydrogen-bond acceptors (Lipinski definition) is 5. The molecule has 0 fully saturated rings. The fraction of sp³-hybridized carbons (Fsp3) is 0.400. The van der Waals surface area contributed by atoms with Crippen LogP contribution in [0, 0.1) is 25.2 Å². The summed E-state index contributed by atoms with van der Waals surface area (Å²) < 4.78 is 1.23. The largest absolute Gasteiger partial charge is 0.493 e. The number of aromatic nitrogens is 1. The minimum Gasteiger partial charge on any atom is -0.493 e. The topological polar surface area (TPSA) is 90.7 Å². The lowest BCUT2D eigenvalue weighted by Gasteiger charge is -2.12. The fourth-order valence-electron chi connectivity index (χ4n) is 2.74. The molecule has 0 radical (unpaired) electrons. The van der Waals surface area contributed by atoms with Crippen LogP contribution in [-0.4, -0.2) is 9.67 Å². The van der Waals surface area contributed by atoms with Crippen molar-refractivity contribution >= 4 is 11.4 Å². The van der Waals surface area contributed by atoms with Gasteiger partial charge >= 0.3 is 0 Å². The Morgan fingerprint density at radius 3 is 2.54 bits per heavy atom. The first-order chi connectivity index (χ1) is 12.5. The van der Waals surface area contributed by atoms with Crippen LogP contribution in [0.4, 0.5) is 11.4 Å². The number of rotatable bonds is 7. The Hall–Kier alpha value is -2.94. The molecule has 26 heavy (non-hydrogen) atoms. The molecule has 1 aromatic carbocycles. The molecule has 0 aliphatic rings. The predicted octanol–water partition coefficient (Wildman–Crippen LogP) is 5.04. The molecule has 0 unspecified atom stereocenters. The molecular formula is C20H24N4O2. The van der Waals surface area contributed by atoms with Crippen molar-refractivity contribution in [2.75, 3.05) is 0 Å². The van der Waals surface area contributed by atoms with Crippen LogP contribution in [0.2, 0.25) is 0 Å². The average Bonchev–Trinajstić information content (AvgIpc) is 2.62. The van der Waals surface area contributed by atoms with Crippen molar-refractivity contribution in [3.05, 3.63) is 51.3 Å². The zero-order valence-corrected chi connectivity index (χ0v) is 15.5. The molecule has 0 bridgehead atoms. The third kappa shape index (κ3) is 4.17. The van der Waals surface area contributed by atoms with Gasteiger partial charge in [-0.25, -0.2) is 0 Å². The third-order valence-corrected chi connectivity index (χ3v) is 4.38. The number of nitriles is 1. The molecule has 0 saturated carbocycles. The summed E-state index contributed by atoms with van der Waals surface area (Å²) in [6.45, 7) is 5.97. The van der Waals surface area contributed by atoms with E-state index in [2.05, 4.69) is 17.2 Å². The molecular weight excluding hydrogens is 328 g/mol. The lowest BCUT2D eigenvalue weighted by atomic mass is 10.1. The molecule has 0 saturated heterocycles. The summed E-state index contributed by atoms with van der Waals surface area (Å²) in [5.74, 6) is -0.290. The fourth-order valence-corrected chi connectivity index (χ4v) is 2.74. The van der Waals surface area contributed by atoms with Gasteiger partial charge < -0.3 is 5.11 Å². The molecule has 1 aromatic heterocycles. The quantitative estimate of drug-likeness (QED) is 0.559. The van der Waals surface area contributed by atoms with Crippen molar-refractivity contribution in [1.29, 1.82) is 5.26 Å². The lowest BCUT2D eigenvalue weighted by molar-refractivity contribution is 0.397. The van der Waals surface area contributed by atoms with Crippen LogP contribution in [0.25, 0.3) is 0 Å². The minimum absolute atomic E-state index is 0.0684. The van der Waals surface area contributed by atoms with Gasteiger partial charge in [-0.2, -0.15) is 10.4 Å². The van der Waals surface area contributed by atoms with E-state index in [0.29, 0.717) is 17.8 Å². The summed E-state index contributed by atoms with van der Waals surface area (Å²) >= 11 is 0. The Kier molecular flexibility index (Phi) is 6.67. The molecule has 136 valence electrons. The number of nitrogens with zero attached hydrogens (tertiary/aromatic N) is 4. The van der Waals surface area contributed by atoms with Gasteiger partial charge in [0.15, 0.2) is 5.69 Å². The van der Waals surface area contributed by atoms with Gasteiger partial charge in [-0.05, 0) is 31.9 Å². The number of azo groups is 1. The molecule has 0 atom stereocenters. The second-order valence-corrected chi connectivity index (χ2v) is 6.29. The van der Waals surface area contributed by atoms with Crippen molar-refractivity contribution in [3.63, 3.8) is 0 Å². The van der Waals surface area contributed by atoms with Crippen LogP contribution in [-0.2, 0) is 6.54 Å². The van der Waals surface area contributed by atoms with E-state index in [1.165, 1.54) is 4.57 Å². The highest BCUT2D eigenvalue weighted by Gasteiger charge is 2.19. The van der Waals surface area contributed by atoms with Gasteiger partial charge in [-0.3, -0.25) is 9.36 Å². The molecule has 1 N–H and O–H groups in total. The van der Waals surface area contributed by atoms with Crippen LogP contribution in [0.3, 0.4) is 0 Å². The van der Waals surface area contributed by atoms with E-state index in [9.17, 15) is 15.2 Å². The SMILES string of the molecule is CCCCCCn1c(O)c(C#N)c(C)c(N=Nc2ccccc2C)c1=O. The van der Waals surface area contributed by atoms with Crippen molar-refractivity contribution in [2.45, 2.75) is 53.0 Å². The number of pyridine rings is 1. The zero-order chi connectivity index (χ0) is 19.1. The van der Waals surface area contributed by atoms with E-state index in [-0.39, 0.29) is 17.1 Å². The molecule has 2 aromatic rings. The Balaban J connectivity index is 2.47. The summed E-state index contributed by atoms with van der Waals surface area (Å²) in [4.78, 5) is 12.8. The first-order valence-electron chi connectivity index (χ1n) is 8.85.